The van der Waals surface area contributed by atoms with Gasteiger partial charge in [0, 0.05) is 42.6 Å². The van der Waals surface area contributed by atoms with E-state index in [-0.39, 0.29) is 24.4 Å². The zero-order chi connectivity index (χ0) is 20.4. The Balaban J connectivity index is 1.47. The van der Waals surface area contributed by atoms with Gasteiger partial charge >= 0.3 is 0 Å². The normalized spacial score (nSPS) is 15.0. The molecule has 0 bridgehead atoms. The molecule has 1 unspecified atom stereocenters. The van der Waals surface area contributed by atoms with Crippen molar-refractivity contribution in [1.29, 1.82) is 0 Å². The van der Waals surface area contributed by atoms with Gasteiger partial charge in [0.25, 0.3) is 0 Å². The predicted octanol–water partition coefficient (Wildman–Crippen LogP) is 2.84. The molecule has 4 rings (SSSR count). The summed E-state index contributed by atoms with van der Waals surface area (Å²) in [6.07, 6.45) is 4.94. The first kappa shape index (κ1) is 18.9. The average molecular weight is 389 g/mol. The van der Waals surface area contributed by atoms with Crippen LogP contribution >= 0.6 is 0 Å². The van der Waals surface area contributed by atoms with Gasteiger partial charge in [-0.25, -0.2) is 4.98 Å². The van der Waals surface area contributed by atoms with Gasteiger partial charge in [-0.05, 0) is 42.1 Å². The molecule has 29 heavy (non-hydrogen) atoms. The van der Waals surface area contributed by atoms with Crippen molar-refractivity contribution < 1.29 is 9.59 Å². The van der Waals surface area contributed by atoms with Gasteiger partial charge in [-0.15, -0.1) is 0 Å². The number of amides is 2. The number of H-pyrrole nitrogens is 1. The van der Waals surface area contributed by atoms with Crippen LogP contribution in [-0.4, -0.2) is 40.3 Å². The van der Waals surface area contributed by atoms with Crippen LogP contribution in [0.4, 0.5) is 5.82 Å². The van der Waals surface area contributed by atoms with Crippen LogP contribution in [0.5, 0.6) is 0 Å². The van der Waals surface area contributed by atoms with E-state index in [9.17, 15) is 9.59 Å². The molecule has 148 valence electrons. The number of aromatic nitrogens is 2. The quantitative estimate of drug-likeness (QED) is 0.599. The predicted molar refractivity (Wildman–Crippen MR) is 113 cm³/mol. The molecule has 2 amide bonds. The Kier molecular flexibility index (Phi) is 5.14. The van der Waals surface area contributed by atoms with Crippen LogP contribution in [0.3, 0.4) is 0 Å². The van der Waals surface area contributed by atoms with E-state index < -0.39 is 0 Å². The van der Waals surface area contributed by atoms with Gasteiger partial charge in [0.15, 0.2) is 0 Å². The van der Waals surface area contributed by atoms with E-state index in [1.165, 1.54) is 0 Å². The van der Waals surface area contributed by atoms with E-state index >= 15 is 0 Å². The number of hydrogen-bond donors (Lipinski definition) is 3. The molecule has 1 aliphatic heterocycles. The Labute approximate surface area is 168 Å². The Morgan fingerprint density at radius 2 is 2.07 bits per heavy atom. The zero-order valence-electron chi connectivity index (χ0n) is 16.4. The van der Waals surface area contributed by atoms with Crippen molar-refractivity contribution in [1.82, 2.24) is 20.2 Å². The van der Waals surface area contributed by atoms with Gasteiger partial charge in [-0.1, -0.05) is 18.2 Å². The lowest BCUT2D eigenvalue weighted by Crippen LogP contribution is -2.28. The van der Waals surface area contributed by atoms with E-state index in [1.807, 2.05) is 37.3 Å². The molecule has 0 saturated heterocycles. The minimum Gasteiger partial charge on any atom is -0.357 e. The van der Waals surface area contributed by atoms with E-state index in [1.54, 1.807) is 30.3 Å². The molecule has 0 saturated carbocycles. The summed E-state index contributed by atoms with van der Waals surface area (Å²) in [5.74, 6) is 0.355. The summed E-state index contributed by atoms with van der Waals surface area (Å²) >= 11 is 0. The molecule has 3 aromatic rings. The van der Waals surface area contributed by atoms with E-state index in [4.69, 9.17) is 0 Å². The highest BCUT2D eigenvalue weighted by atomic mass is 16.2. The van der Waals surface area contributed by atoms with E-state index in [2.05, 4.69) is 26.7 Å². The maximum atomic E-state index is 12.7. The molecule has 7 heteroatoms. The lowest BCUT2D eigenvalue weighted by atomic mass is 10.1. The monoisotopic (exact) mass is 389 g/mol. The molecule has 0 fully saturated rings. The lowest BCUT2D eigenvalue weighted by molar-refractivity contribution is -0.126. The Bertz CT molecular complexity index is 1070. The molecule has 3 N–H and O–H groups in total. The van der Waals surface area contributed by atoms with Crippen molar-refractivity contribution in [2.45, 2.75) is 19.5 Å². The van der Waals surface area contributed by atoms with Crippen LogP contribution in [0.25, 0.3) is 17.0 Å². The fourth-order valence-corrected chi connectivity index (χ4v) is 3.36. The number of pyridine rings is 1. The molecule has 2 aromatic heterocycles. The third-order valence-electron chi connectivity index (χ3n) is 5.19. The topological polar surface area (TPSA) is 90.1 Å². The second kappa shape index (κ2) is 7.89. The molecule has 7 nitrogen and oxygen atoms in total. The molecule has 0 radical (unpaired) electrons. The van der Waals surface area contributed by atoms with Crippen molar-refractivity contribution in [3.05, 3.63) is 65.5 Å². The van der Waals surface area contributed by atoms with Crippen LogP contribution in [0.1, 0.15) is 29.8 Å². The molecule has 0 aliphatic carbocycles. The second-order valence-electron chi connectivity index (χ2n) is 7.20. The van der Waals surface area contributed by atoms with Gasteiger partial charge in [-0.3, -0.25) is 9.59 Å². The maximum Gasteiger partial charge on any atom is 0.246 e. The summed E-state index contributed by atoms with van der Waals surface area (Å²) in [7, 11) is 1.79. The number of anilines is 1. The summed E-state index contributed by atoms with van der Waals surface area (Å²) in [5.41, 5.74) is 3.75. The number of nitrogens with zero attached hydrogens (tertiary/aromatic N) is 2. The van der Waals surface area contributed by atoms with Crippen molar-refractivity contribution in [2.24, 2.45) is 0 Å². The summed E-state index contributed by atoms with van der Waals surface area (Å²) in [6.45, 7) is 2.80. The molecule has 1 atom stereocenters. The number of likely N-dealkylation sites (N-methyl/N-ethyl adjacent to an activating group) is 1. The number of benzene rings is 1. The highest BCUT2D eigenvalue weighted by molar-refractivity contribution is 5.93. The first-order valence-electron chi connectivity index (χ1n) is 9.53. The molecule has 3 heterocycles. The number of rotatable bonds is 4. The highest BCUT2D eigenvalue weighted by Crippen LogP contribution is 2.23. The number of para-hydroxylation sites is 1. The number of fused-ring (bicyclic) bond motifs is 2. The largest absolute Gasteiger partial charge is 0.357 e. The molecular formula is C22H23N5O2. The fraction of sp³-hybridized carbons (Fsp3) is 0.227. The third-order valence-corrected chi connectivity index (χ3v) is 5.19. The van der Waals surface area contributed by atoms with Crippen molar-refractivity contribution in [2.75, 3.05) is 18.9 Å². The van der Waals surface area contributed by atoms with Crippen LogP contribution < -0.4 is 10.6 Å². The standard InChI is InChI=1S/C22H23N5O2/c1-14(19-10-16-5-3-4-6-18(16)25-19)27(2)21(29)8-7-15-9-17-12-23-13-20(28)26-22(17)24-11-15/h3-11,14,23,25H,12-13H2,1-2H3,(H,24,26,28). The Morgan fingerprint density at radius 3 is 2.90 bits per heavy atom. The molecule has 0 spiro atoms. The van der Waals surface area contributed by atoms with Crippen LogP contribution in [-0.2, 0) is 16.1 Å². The van der Waals surface area contributed by atoms with Crippen LogP contribution in [0.2, 0.25) is 0 Å². The minimum atomic E-state index is -0.109. The minimum absolute atomic E-state index is 0.0934. The van der Waals surface area contributed by atoms with Gasteiger partial charge in [0.1, 0.15) is 5.82 Å². The lowest BCUT2D eigenvalue weighted by Gasteiger charge is -2.22. The number of carbonyl (C=O) groups is 2. The first-order valence-corrected chi connectivity index (χ1v) is 9.53. The number of aromatic amines is 1. The second-order valence-corrected chi connectivity index (χ2v) is 7.20. The fourth-order valence-electron chi connectivity index (χ4n) is 3.36. The highest BCUT2D eigenvalue weighted by Gasteiger charge is 2.18. The van der Waals surface area contributed by atoms with Crippen molar-refractivity contribution in [3.63, 3.8) is 0 Å². The van der Waals surface area contributed by atoms with Crippen LogP contribution in [0.15, 0.2) is 48.7 Å². The SMILES string of the molecule is CC(c1cc2ccccc2[nH]1)N(C)C(=O)C=Cc1cnc2c(c1)CNCC(=O)N2. The summed E-state index contributed by atoms with van der Waals surface area (Å²) < 4.78 is 0. The van der Waals surface area contributed by atoms with Gasteiger partial charge in [-0.2, -0.15) is 0 Å². The number of carbonyl (C=O) groups excluding carboxylic acids is 2. The van der Waals surface area contributed by atoms with Crippen molar-refractivity contribution in [3.8, 4) is 0 Å². The Hall–Kier alpha value is -3.45. The Morgan fingerprint density at radius 1 is 1.24 bits per heavy atom. The smallest absolute Gasteiger partial charge is 0.246 e. The van der Waals surface area contributed by atoms with Crippen molar-refractivity contribution >= 4 is 34.6 Å². The first-order chi connectivity index (χ1) is 14.0. The van der Waals surface area contributed by atoms with Gasteiger partial charge in [0.05, 0.1) is 12.6 Å². The molecule has 1 aliphatic rings. The molecule has 1 aromatic carbocycles. The van der Waals surface area contributed by atoms with E-state index in [0.717, 1.165) is 27.7 Å². The van der Waals surface area contributed by atoms with Crippen LogP contribution in [0, 0.1) is 0 Å². The average Bonchev–Trinajstić information content (AvgIpc) is 3.07. The maximum absolute atomic E-state index is 12.7. The molecular weight excluding hydrogens is 366 g/mol. The zero-order valence-corrected chi connectivity index (χ0v) is 16.4. The van der Waals surface area contributed by atoms with E-state index in [0.29, 0.717) is 12.4 Å². The van der Waals surface area contributed by atoms with Gasteiger partial charge < -0.3 is 20.5 Å². The summed E-state index contributed by atoms with van der Waals surface area (Å²) in [6, 6.07) is 12.0. The summed E-state index contributed by atoms with van der Waals surface area (Å²) in [5, 5.41) is 6.94. The van der Waals surface area contributed by atoms with Gasteiger partial charge in [0.2, 0.25) is 11.8 Å². The number of nitrogens with one attached hydrogen (secondary N) is 3. The third kappa shape index (κ3) is 4.05. The summed E-state index contributed by atoms with van der Waals surface area (Å²) in [4.78, 5) is 33.6. The number of hydrogen-bond acceptors (Lipinski definition) is 4.